The molecule has 1 amide bonds. The van der Waals surface area contributed by atoms with Crippen molar-refractivity contribution in [2.24, 2.45) is 0 Å². The highest BCUT2D eigenvalue weighted by molar-refractivity contribution is 5.76. The second kappa shape index (κ2) is 34.1. The van der Waals surface area contributed by atoms with Crippen molar-refractivity contribution in [1.82, 2.24) is 5.32 Å². The maximum absolute atomic E-state index is 12.3. The van der Waals surface area contributed by atoms with Crippen molar-refractivity contribution in [3.05, 3.63) is 36.5 Å². The van der Waals surface area contributed by atoms with Crippen LogP contribution in [0.3, 0.4) is 0 Å². The Balaban J connectivity index is 3.71. The van der Waals surface area contributed by atoms with Crippen LogP contribution in [0.15, 0.2) is 36.5 Å². The van der Waals surface area contributed by atoms with Gasteiger partial charge in [-0.25, -0.2) is 0 Å². The number of unbranched alkanes of at least 4 members (excludes halogenated alkanes) is 21. The summed E-state index contributed by atoms with van der Waals surface area (Å²) >= 11 is 0. The van der Waals surface area contributed by atoms with E-state index in [1.165, 1.54) is 122 Å². The Hall–Kier alpha value is -1.39. The van der Waals surface area contributed by atoms with Crippen molar-refractivity contribution in [2.75, 3.05) is 6.61 Å². The standard InChI is InChI=1S/C38H71NO3/c1-3-5-7-9-11-13-15-17-18-19-20-22-23-25-27-29-31-33-37(41)36(35-40)39-38(42)34-32-30-28-26-24-21-16-14-12-10-8-6-4-2/h18-19,23,25,31,33,36-37,40-41H,3-17,20-22,24,26-30,32,34-35H2,1-2H3,(H,39,42)/b19-18+,25-23+,33-31+. The van der Waals surface area contributed by atoms with Crippen molar-refractivity contribution in [2.45, 2.75) is 193 Å². The van der Waals surface area contributed by atoms with Gasteiger partial charge in [-0.15, -0.1) is 0 Å². The maximum atomic E-state index is 12.3. The highest BCUT2D eigenvalue weighted by atomic mass is 16.3. The molecule has 4 heteroatoms. The fourth-order valence-electron chi connectivity index (χ4n) is 5.27. The normalized spacial score (nSPS) is 13.5. The monoisotopic (exact) mass is 590 g/mol. The van der Waals surface area contributed by atoms with E-state index >= 15 is 0 Å². The molecular formula is C38H71NO3. The summed E-state index contributed by atoms with van der Waals surface area (Å²) in [6.07, 6.45) is 43.7. The van der Waals surface area contributed by atoms with Gasteiger partial charge in [-0.1, -0.05) is 166 Å². The molecular weight excluding hydrogens is 518 g/mol. The molecule has 0 aromatic carbocycles. The number of carbonyl (C=O) groups is 1. The van der Waals surface area contributed by atoms with Crippen molar-refractivity contribution in [3.63, 3.8) is 0 Å². The second-order valence-electron chi connectivity index (χ2n) is 12.3. The first-order valence-corrected chi connectivity index (χ1v) is 18.2. The highest BCUT2D eigenvalue weighted by Crippen LogP contribution is 2.13. The lowest BCUT2D eigenvalue weighted by atomic mass is 10.0. The van der Waals surface area contributed by atoms with E-state index in [0.29, 0.717) is 6.42 Å². The molecule has 2 unspecified atom stereocenters. The van der Waals surface area contributed by atoms with Crippen LogP contribution in [-0.4, -0.2) is 34.9 Å². The number of carbonyl (C=O) groups excluding carboxylic acids is 1. The van der Waals surface area contributed by atoms with Crippen LogP contribution < -0.4 is 5.32 Å². The van der Waals surface area contributed by atoms with Gasteiger partial charge >= 0.3 is 0 Å². The van der Waals surface area contributed by atoms with Crippen LogP contribution in [-0.2, 0) is 4.79 Å². The lowest BCUT2D eigenvalue weighted by molar-refractivity contribution is -0.123. The topological polar surface area (TPSA) is 69.6 Å². The quantitative estimate of drug-likeness (QED) is 0.0540. The Labute approximate surface area is 261 Å². The minimum atomic E-state index is -0.865. The van der Waals surface area contributed by atoms with Crippen LogP contribution in [0.1, 0.15) is 181 Å². The molecule has 0 bridgehead atoms. The van der Waals surface area contributed by atoms with Gasteiger partial charge in [-0.2, -0.15) is 0 Å². The maximum Gasteiger partial charge on any atom is 0.220 e. The first-order valence-electron chi connectivity index (χ1n) is 18.2. The fraction of sp³-hybridized carbons (Fsp3) is 0.816. The first kappa shape index (κ1) is 40.6. The van der Waals surface area contributed by atoms with Gasteiger partial charge < -0.3 is 15.5 Å². The molecule has 246 valence electrons. The van der Waals surface area contributed by atoms with Crippen molar-refractivity contribution < 1.29 is 15.0 Å². The molecule has 0 aliphatic heterocycles. The predicted octanol–water partition coefficient (Wildman–Crippen LogP) is 10.7. The fourth-order valence-corrected chi connectivity index (χ4v) is 5.27. The van der Waals surface area contributed by atoms with Crippen LogP contribution in [0.4, 0.5) is 0 Å². The summed E-state index contributed by atoms with van der Waals surface area (Å²) in [5.74, 6) is -0.0797. The average Bonchev–Trinajstić information content (AvgIpc) is 2.99. The Kier molecular flexibility index (Phi) is 33.0. The van der Waals surface area contributed by atoms with E-state index < -0.39 is 12.1 Å². The summed E-state index contributed by atoms with van der Waals surface area (Å²) < 4.78 is 0. The van der Waals surface area contributed by atoms with Gasteiger partial charge in [0.05, 0.1) is 18.8 Å². The van der Waals surface area contributed by atoms with Gasteiger partial charge in [0.25, 0.3) is 0 Å². The number of hydrogen-bond donors (Lipinski definition) is 3. The molecule has 42 heavy (non-hydrogen) atoms. The molecule has 4 nitrogen and oxygen atoms in total. The largest absolute Gasteiger partial charge is 0.394 e. The Morgan fingerprint density at radius 1 is 0.548 bits per heavy atom. The number of rotatable bonds is 32. The zero-order valence-corrected chi connectivity index (χ0v) is 28.0. The summed E-state index contributed by atoms with van der Waals surface area (Å²) in [6.45, 7) is 4.27. The van der Waals surface area contributed by atoms with Gasteiger partial charge in [0.15, 0.2) is 0 Å². The molecule has 0 aromatic rings. The zero-order valence-electron chi connectivity index (χ0n) is 28.0. The van der Waals surface area contributed by atoms with Gasteiger partial charge in [0.2, 0.25) is 5.91 Å². The van der Waals surface area contributed by atoms with Gasteiger partial charge in [-0.05, 0) is 44.9 Å². The summed E-state index contributed by atoms with van der Waals surface area (Å²) in [6, 6.07) is -0.640. The zero-order chi connectivity index (χ0) is 30.8. The van der Waals surface area contributed by atoms with E-state index in [0.717, 1.165) is 38.5 Å². The van der Waals surface area contributed by atoms with E-state index in [4.69, 9.17) is 0 Å². The smallest absolute Gasteiger partial charge is 0.220 e. The molecule has 0 radical (unpaired) electrons. The second-order valence-corrected chi connectivity index (χ2v) is 12.3. The third-order valence-corrected chi connectivity index (χ3v) is 8.10. The molecule has 0 aromatic heterocycles. The third kappa shape index (κ3) is 30.1. The van der Waals surface area contributed by atoms with Crippen molar-refractivity contribution >= 4 is 5.91 Å². The molecule has 0 saturated heterocycles. The van der Waals surface area contributed by atoms with E-state index in [1.54, 1.807) is 6.08 Å². The minimum Gasteiger partial charge on any atom is -0.394 e. The summed E-state index contributed by atoms with van der Waals surface area (Å²) in [4.78, 5) is 12.3. The number of nitrogens with one attached hydrogen (secondary N) is 1. The number of aliphatic hydroxyl groups is 2. The van der Waals surface area contributed by atoms with Gasteiger partial charge in [-0.3, -0.25) is 4.79 Å². The van der Waals surface area contributed by atoms with Crippen LogP contribution in [0.5, 0.6) is 0 Å². The van der Waals surface area contributed by atoms with Crippen molar-refractivity contribution in [1.29, 1.82) is 0 Å². The third-order valence-electron chi connectivity index (χ3n) is 8.10. The van der Waals surface area contributed by atoms with Gasteiger partial charge in [0, 0.05) is 6.42 Å². The summed E-state index contributed by atoms with van der Waals surface area (Å²) in [5.41, 5.74) is 0. The lowest BCUT2D eigenvalue weighted by Gasteiger charge is -2.19. The number of hydrogen-bond acceptors (Lipinski definition) is 3. The van der Waals surface area contributed by atoms with E-state index in [1.807, 2.05) is 6.08 Å². The molecule has 0 spiro atoms. The molecule has 3 N–H and O–H groups in total. The molecule has 0 aliphatic rings. The first-order chi connectivity index (χ1) is 20.7. The lowest BCUT2D eigenvalue weighted by Crippen LogP contribution is -2.45. The summed E-state index contributed by atoms with van der Waals surface area (Å²) in [5, 5.41) is 22.8. The minimum absolute atomic E-state index is 0.0797. The molecule has 0 heterocycles. The van der Waals surface area contributed by atoms with E-state index in [9.17, 15) is 15.0 Å². The van der Waals surface area contributed by atoms with Crippen LogP contribution in [0.2, 0.25) is 0 Å². The highest BCUT2D eigenvalue weighted by Gasteiger charge is 2.17. The Morgan fingerprint density at radius 2 is 0.929 bits per heavy atom. The van der Waals surface area contributed by atoms with Crippen LogP contribution >= 0.6 is 0 Å². The molecule has 0 fully saturated rings. The van der Waals surface area contributed by atoms with Crippen LogP contribution in [0, 0.1) is 0 Å². The average molecular weight is 590 g/mol. The SMILES string of the molecule is CCCCCCCCC/C=C/CC/C=C/CC/C=C/C(O)C(CO)NC(=O)CCCCCCCCCCCCCCC. The number of amides is 1. The molecule has 2 atom stereocenters. The Bertz CT molecular complexity index is 642. The number of allylic oxidation sites excluding steroid dienone is 5. The van der Waals surface area contributed by atoms with E-state index in [-0.39, 0.29) is 12.5 Å². The molecule has 0 saturated carbocycles. The molecule has 0 rings (SSSR count). The van der Waals surface area contributed by atoms with Crippen molar-refractivity contribution in [3.8, 4) is 0 Å². The van der Waals surface area contributed by atoms with Crippen LogP contribution in [0.25, 0.3) is 0 Å². The van der Waals surface area contributed by atoms with E-state index in [2.05, 4.69) is 43.5 Å². The Morgan fingerprint density at radius 3 is 1.38 bits per heavy atom. The predicted molar refractivity (Wildman–Crippen MR) is 184 cm³/mol. The van der Waals surface area contributed by atoms with Gasteiger partial charge in [0.1, 0.15) is 0 Å². The number of aliphatic hydroxyl groups excluding tert-OH is 2. The summed E-state index contributed by atoms with van der Waals surface area (Å²) in [7, 11) is 0. The molecule has 0 aliphatic carbocycles.